The number of benzene rings is 2. The third-order valence-electron chi connectivity index (χ3n) is 7.79. The maximum absolute atomic E-state index is 13.4. The van der Waals surface area contributed by atoms with Crippen LogP contribution in [0.3, 0.4) is 0 Å². The Balaban J connectivity index is 1.34. The molecule has 1 atom stereocenters. The van der Waals surface area contributed by atoms with Crippen LogP contribution in [0.5, 0.6) is 5.75 Å². The van der Waals surface area contributed by atoms with E-state index < -0.39 is 0 Å². The molecule has 0 aliphatic carbocycles. The monoisotopic (exact) mass is 555 g/mol. The summed E-state index contributed by atoms with van der Waals surface area (Å²) in [5.74, 6) is 1.09. The zero-order chi connectivity index (χ0) is 25.7. The van der Waals surface area contributed by atoms with Crippen LogP contribution >= 0.6 is 15.9 Å². The summed E-state index contributed by atoms with van der Waals surface area (Å²) in [6.45, 7) is 8.05. The number of piperidine rings is 1. The van der Waals surface area contributed by atoms with Gasteiger partial charge in [0, 0.05) is 35.6 Å². The molecular weight excluding hydrogens is 518 g/mol. The van der Waals surface area contributed by atoms with Crippen molar-refractivity contribution in [1.29, 1.82) is 0 Å². The van der Waals surface area contributed by atoms with E-state index in [1.54, 1.807) is 7.11 Å². The number of nitrogens with zero attached hydrogens (tertiary/aromatic N) is 2. The third kappa shape index (κ3) is 6.12. The molecule has 0 radical (unpaired) electrons. The van der Waals surface area contributed by atoms with Gasteiger partial charge < -0.3 is 19.9 Å². The number of hydrogen-bond donors (Lipinski definition) is 1. The van der Waals surface area contributed by atoms with E-state index >= 15 is 0 Å². The summed E-state index contributed by atoms with van der Waals surface area (Å²) in [6.07, 6.45) is 3.56. The summed E-state index contributed by atoms with van der Waals surface area (Å²) >= 11 is 3.48. The van der Waals surface area contributed by atoms with Crippen LogP contribution in [0.15, 0.2) is 53.0 Å². The van der Waals surface area contributed by atoms with E-state index in [0.717, 1.165) is 67.6 Å². The molecule has 1 unspecified atom stereocenters. The van der Waals surface area contributed by atoms with Crippen molar-refractivity contribution in [1.82, 2.24) is 15.1 Å². The van der Waals surface area contributed by atoms with Crippen LogP contribution in [-0.2, 0) is 16.1 Å². The highest BCUT2D eigenvalue weighted by Crippen LogP contribution is 2.42. The fourth-order valence-corrected chi connectivity index (χ4v) is 5.70. The van der Waals surface area contributed by atoms with Gasteiger partial charge in [-0.3, -0.25) is 9.59 Å². The van der Waals surface area contributed by atoms with E-state index in [1.165, 1.54) is 5.56 Å². The number of nitrogens with one attached hydrogen (secondary N) is 1. The van der Waals surface area contributed by atoms with E-state index in [1.807, 2.05) is 55.1 Å². The summed E-state index contributed by atoms with van der Waals surface area (Å²) in [4.78, 5) is 30.4. The molecule has 7 heteroatoms. The van der Waals surface area contributed by atoms with Crippen LogP contribution < -0.4 is 10.1 Å². The summed E-state index contributed by atoms with van der Waals surface area (Å²) in [7, 11) is 1.67. The first kappa shape index (κ1) is 26.7. The Hall–Kier alpha value is -2.38. The molecule has 2 aromatic carbocycles. The first-order chi connectivity index (χ1) is 17.3. The normalized spacial score (nSPS) is 18.6. The maximum Gasteiger partial charge on any atom is 0.229 e. The van der Waals surface area contributed by atoms with Crippen molar-refractivity contribution in [3.05, 3.63) is 64.1 Å². The molecule has 1 spiro atoms. The number of hydrogen-bond acceptors (Lipinski definition) is 4. The second-order valence-electron chi connectivity index (χ2n) is 10.5. The zero-order valence-corrected chi connectivity index (χ0v) is 23.2. The van der Waals surface area contributed by atoms with Gasteiger partial charge in [-0.1, -0.05) is 60.1 Å². The molecule has 2 amide bonds. The first-order valence-electron chi connectivity index (χ1n) is 13.0. The quantitative estimate of drug-likeness (QED) is 0.463. The Morgan fingerprint density at radius 3 is 2.39 bits per heavy atom. The second-order valence-corrected chi connectivity index (χ2v) is 11.4. The van der Waals surface area contributed by atoms with Gasteiger partial charge in [-0.15, -0.1) is 0 Å². The molecule has 2 fully saturated rings. The van der Waals surface area contributed by atoms with E-state index in [4.69, 9.17) is 4.74 Å². The van der Waals surface area contributed by atoms with Gasteiger partial charge in [-0.2, -0.15) is 0 Å². The predicted molar refractivity (Wildman–Crippen MR) is 146 cm³/mol. The van der Waals surface area contributed by atoms with Gasteiger partial charge >= 0.3 is 0 Å². The Labute approximate surface area is 223 Å². The topological polar surface area (TPSA) is 61.9 Å². The minimum Gasteiger partial charge on any atom is -0.496 e. The van der Waals surface area contributed by atoms with Crippen molar-refractivity contribution in [2.24, 2.45) is 11.3 Å². The average molecular weight is 557 g/mol. The van der Waals surface area contributed by atoms with Gasteiger partial charge in [0.1, 0.15) is 5.75 Å². The fourth-order valence-electron chi connectivity index (χ4n) is 5.43. The minimum atomic E-state index is -0.209. The number of ether oxygens (including phenoxy) is 1. The molecule has 2 saturated heterocycles. The van der Waals surface area contributed by atoms with Gasteiger partial charge in [0.05, 0.1) is 18.6 Å². The highest BCUT2D eigenvalue weighted by Gasteiger charge is 2.47. The first-order valence-corrected chi connectivity index (χ1v) is 13.8. The molecule has 2 aliphatic heterocycles. The Morgan fingerprint density at radius 1 is 1.06 bits per heavy atom. The molecule has 4 rings (SSSR count). The molecule has 2 heterocycles. The lowest BCUT2D eigenvalue weighted by Crippen LogP contribution is -2.45. The lowest BCUT2D eigenvalue weighted by molar-refractivity contribution is -0.139. The van der Waals surface area contributed by atoms with Crippen LogP contribution in [0, 0.1) is 11.3 Å². The average Bonchev–Trinajstić information content (AvgIpc) is 3.18. The van der Waals surface area contributed by atoms with Crippen molar-refractivity contribution in [2.75, 3.05) is 33.3 Å². The molecule has 0 aromatic heterocycles. The Kier molecular flexibility index (Phi) is 8.73. The standard InChI is InChI=1S/C29H38BrN3O3/c1-21(2)27(34)31-25(24-6-4-5-7-26(24)36-3)12-16-32-17-13-29(14-18-32)15-19-33(28(29)35)20-22-8-10-23(30)11-9-22/h4-11,21,25H,12-20H2,1-3H3,(H,31,34). The van der Waals surface area contributed by atoms with Crippen LogP contribution in [0.2, 0.25) is 0 Å². The highest BCUT2D eigenvalue weighted by molar-refractivity contribution is 9.10. The van der Waals surface area contributed by atoms with Gasteiger partial charge in [-0.25, -0.2) is 0 Å². The van der Waals surface area contributed by atoms with E-state index in [2.05, 4.69) is 38.3 Å². The summed E-state index contributed by atoms with van der Waals surface area (Å²) < 4.78 is 6.64. The van der Waals surface area contributed by atoms with E-state index in [0.29, 0.717) is 12.5 Å². The van der Waals surface area contributed by atoms with Crippen molar-refractivity contribution in [2.45, 2.75) is 52.1 Å². The van der Waals surface area contributed by atoms with Crippen molar-refractivity contribution < 1.29 is 14.3 Å². The summed E-state index contributed by atoms with van der Waals surface area (Å²) in [5, 5.41) is 3.23. The van der Waals surface area contributed by atoms with Gasteiger partial charge in [0.25, 0.3) is 0 Å². The number of rotatable bonds is 9. The number of amides is 2. The SMILES string of the molecule is COc1ccccc1C(CCN1CCC2(CC1)CCN(Cc1ccc(Br)cc1)C2=O)NC(=O)C(C)C. The van der Waals surface area contributed by atoms with Crippen LogP contribution in [-0.4, -0.2) is 54.9 Å². The number of methoxy groups -OCH3 is 1. The Morgan fingerprint density at radius 2 is 1.72 bits per heavy atom. The molecule has 6 nitrogen and oxygen atoms in total. The van der Waals surface area contributed by atoms with Crippen molar-refractivity contribution in [3.63, 3.8) is 0 Å². The molecule has 1 N–H and O–H groups in total. The number of carbonyl (C=O) groups excluding carboxylic acids is 2. The van der Waals surface area contributed by atoms with Crippen LogP contribution in [0.4, 0.5) is 0 Å². The number of likely N-dealkylation sites (tertiary alicyclic amines) is 2. The molecular formula is C29H38BrN3O3. The molecule has 0 bridgehead atoms. The van der Waals surface area contributed by atoms with Crippen molar-refractivity contribution >= 4 is 27.7 Å². The number of para-hydroxylation sites is 1. The smallest absolute Gasteiger partial charge is 0.229 e. The Bertz CT molecular complexity index is 1050. The number of carbonyl (C=O) groups is 2. The highest BCUT2D eigenvalue weighted by atomic mass is 79.9. The predicted octanol–water partition coefficient (Wildman–Crippen LogP) is 5.18. The van der Waals surface area contributed by atoms with Gasteiger partial charge in [0.2, 0.25) is 11.8 Å². The summed E-state index contributed by atoms with van der Waals surface area (Å²) in [5.41, 5.74) is 1.98. The van der Waals surface area contributed by atoms with Crippen molar-refractivity contribution in [3.8, 4) is 5.75 Å². The van der Waals surface area contributed by atoms with E-state index in [9.17, 15) is 9.59 Å². The zero-order valence-electron chi connectivity index (χ0n) is 21.6. The lowest BCUT2D eigenvalue weighted by atomic mass is 9.77. The summed E-state index contributed by atoms with van der Waals surface area (Å²) in [6, 6.07) is 16.0. The maximum atomic E-state index is 13.4. The van der Waals surface area contributed by atoms with Crippen LogP contribution in [0.25, 0.3) is 0 Å². The molecule has 2 aromatic rings. The van der Waals surface area contributed by atoms with E-state index in [-0.39, 0.29) is 23.3 Å². The fraction of sp³-hybridized carbons (Fsp3) is 0.517. The molecule has 194 valence electrons. The minimum absolute atomic E-state index is 0.0471. The molecule has 0 saturated carbocycles. The molecule has 36 heavy (non-hydrogen) atoms. The van der Waals surface area contributed by atoms with Crippen LogP contribution in [0.1, 0.15) is 56.7 Å². The second kappa shape index (κ2) is 11.8. The lowest BCUT2D eigenvalue weighted by Gasteiger charge is -2.38. The molecule has 2 aliphatic rings. The number of halogens is 1. The van der Waals surface area contributed by atoms with Gasteiger partial charge in [-0.05, 0) is 62.5 Å². The largest absolute Gasteiger partial charge is 0.496 e. The third-order valence-corrected chi connectivity index (χ3v) is 8.32. The van der Waals surface area contributed by atoms with Gasteiger partial charge in [0.15, 0.2) is 0 Å².